The minimum Gasteiger partial charge on any atom is -0.487 e. The summed E-state index contributed by atoms with van der Waals surface area (Å²) in [5.41, 5.74) is -0.645. The first-order valence-electron chi connectivity index (χ1n) is 14.4. The quantitative estimate of drug-likeness (QED) is 0.0756. The monoisotopic (exact) mass is 470 g/mol. The molecule has 4 nitrogen and oxygen atoms in total. The summed E-state index contributed by atoms with van der Waals surface area (Å²) >= 11 is 0. The molecule has 4 heteroatoms. The van der Waals surface area contributed by atoms with Gasteiger partial charge in [-0.15, -0.1) is 0 Å². The van der Waals surface area contributed by atoms with Crippen LogP contribution in [0.4, 0.5) is 0 Å². The molecule has 0 fully saturated rings. The lowest BCUT2D eigenvalue weighted by atomic mass is 9.87. The zero-order valence-electron chi connectivity index (χ0n) is 23.2. The van der Waals surface area contributed by atoms with Gasteiger partial charge in [0.05, 0.1) is 26.1 Å². The number of hydrogen-bond acceptors (Lipinski definition) is 4. The van der Waals surface area contributed by atoms with Crippen LogP contribution >= 0.6 is 0 Å². The van der Waals surface area contributed by atoms with Crippen LogP contribution in [-0.4, -0.2) is 31.4 Å². The van der Waals surface area contributed by atoms with Crippen molar-refractivity contribution in [2.45, 2.75) is 156 Å². The summed E-state index contributed by atoms with van der Waals surface area (Å²) in [7, 11) is 0. The Morgan fingerprint density at radius 2 is 1.00 bits per heavy atom. The van der Waals surface area contributed by atoms with E-state index in [9.17, 15) is 0 Å². The fourth-order valence-corrected chi connectivity index (χ4v) is 4.06. The molecule has 0 aromatic carbocycles. The summed E-state index contributed by atoms with van der Waals surface area (Å²) in [6.45, 7) is 15.1. The molecule has 1 unspecified atom stereocenters. The van der Waals surface area contributed by atoms with Gasteiger partial charge in [0.1, 0.15) is 0 Å². The molecule has 198 valence electrons. The lowest BCUT2D eigenvalue weighted by molar-refractivity contribution is -0.444. The molecule has 0 spiro atoms. The van der Waals surface area contributed by atoms with E-state index in [4.69, 9.17) is 18.9 Å². The van der Waals surface area contributed by atoms with Gasteiger partial charge >= 0.3 is 5.97 Å². The molecule has 0 rings (SSSR count). The molecule has 0 radical (unpaired) electrons. The summed E-state index contributed by atoms with van der Waals surface area (Å²) < 4.78 is 26.5. The van der Waals surface area contributed by atoms with Gasteiger partial charge in [-0.3, -0.25) is 0 Å². The second kappa shape index (κ2) is 21.9. The highest BCUT2D eigenvalue weighted by molar-refractivity contribution is 4.94. The van der Waals surface area contributed by atoms with Gasteiger partial charge in [-0.25, -0.2) is 0 Å². The topological polar surface area (TPSA) is 36.9 Å². The SMILES string of the molecule is CCC=COC(CCC)(CCCCCCCC)C(OCCCC)(OCCCC)OCCCC. The number of ether oxygens (including phenoxy) is 4. The van der Waals surface area contributed by atoms with E-state index in [-0.39, 0.29) is 0 Å². The van der Waals surface area contributed by atoms with Crippen LogP contribution in [0.2, 0.25) is 0 Å². The first-order chi connectivity index (χ1) is 16.1. The van der Waals surface area contributed by atoms with E-state index in [1.54, 1.807) is 0 Å². The zero-order valence-corrected chi connectivity index (χ0v) is 23.2. The molecule has 33 heavy (non-hydrogen) atoms. The van der Waals surface area contributed by atoms with Gasteiger partial charge in [0.25, 0.3) is 0 Å². The smallest absolute Gasteiger partial charge is 0.325 e. The van der Waals surface area contributed by atoms with Gasteiger partial charge in [0, 0.05) is 0 Å². The van der Waals surface area contributed by atoms with Crippen molar-refractivity contribution in [3.05, 3.63) is 12.3 Å². The predicted molar refractivity (Wildman–Crippen MR) is 141 cm³/mol. The van der Waals surface area contributed by atoms with Crippen molar-refractivity contribution in [3.8, 4) is 0 Å². The van der Waals surface area contributed by atoms with Gasteiger partial charge < -0.3 is 18.9 Å². The van der Waals surface area contributed by atoms with E-state index in [1.807, 2.05) is 6.26 Å². The Labute approximate surface area is 207 Å². The Balaban J connectivity index is 6.01. The summed E-state index contributed by atoms with van der Waals surface area (Å²) in [6.07, 6.45) is 21.3. The van der Waals surface area contributed by atoms with Crippen LogP contribution < -0.4 is 0 Å². The van der Waals surface area contributed by atoms with Crippen LogP contribution in [0.3, 0.4) is 0 Å². The van der Waals surface area contributed by atoms with E-state index in [0.717, 1.165) is 70.6 Å². The molecule has 0 saturated carbocycles. The van der Waals surface area contributed by atoms with Crippen molar-refractivity contribution in [3.63, 3.8) is 0 Å². The Kier molecular flexibility index (Phi) is 21.5. The molecule has 0 aliphatic rings. The Morgan fingerprint density at radius 1 is 0.515 bits per heavy atom. The van der Waals surface area contributed by atoms with Crippen LogP contribution in [0.1, 0.15) is 144 Å². The van der Waals surface area contributed by atoms with Crippen molar-refractivity contribution in [1.82, 2.24) is 0 Å². The largest absolute Gasteiger partial charge is 0.487 e. The number of unbranched alkanes of at least 4 members (excludes halogenated alkanes) is 8. The average Bonchev–Trinajstić information content (AvgIpc) is 2.81. The van der Waals surface area contributed by atoms with Crippen LogP contribution in [0.25, 0.3) is 0 Å². The molecule has 1 atom stereocenters. The van der Waals surface area contributed by atoms with Gasteiger partial charge in [-0.2, -0.15) is 0 Å². The first-order valence-corrected chi connectivity index (χ1v) is 14.4. The molecule has 0 saturated heterocycles. The van der Waals surface area contributed by atoms with E-state index in [0.29, 0.717) is 19.8 Å². The van der Waals surface area contributed by atoms with E-state index in [1.165, 1.54) is 32.1 Å². The minimum absolute atomic E-state index is 0.623. The van der Waals surface area contributed by atoms with Gasteiger partial charge in [0.15, 0.2) is 5.60 Å². The molecule has 0 aliphatic heterocycles. The van der Waals surface area contributed by atoms with E-state index >= 15 is 0 Å². The standard InChI is InChI=1S/C29H58O4/c1-7-13-18-19-20-21-23-28(22-12-6,30-24-14-8-2)29(31-25-15-9-3,32-26-16-10-4)33-27-17-11-5/h14,24H,7-13,15-23,25-27H2,1-6H3. The third-order valence-electron chi connectivity index (χ3n) is 6.14. The zero-order chi connectivity index (χ0) is 24.7. The highest BCUT2D eigenvalue weighted by atomic mass is 16.9. The second-order valence-electron chi connectivity index (χ2n) is 9.32. The summed E-state index contributed by atoms with van der Waals surface area (Å²) in [5, 5.41) is 0. The van der Waals surface area contributed by atoms with Gasteiger partial charge in [-0.05, 0) is 44.9 Å². The number of rotatable bonds is 25. The molecular weight excluding hydrogens is 412 g/mol. The summed E-state index contributed by atoms with van der Waals surface area (Å²) in [6, 6.07) is 0. The fourth-order valence-electron chi connectivity index (χ4n) is 4.06. The normalized spacial score (nSPS) is 14.1. The summed E-state index contributed by atoms with van der Waals surface area (Å²) in [5.74, 6) is -1.16. The van der Waals surface area contributed by atoms with Crippen molar-refractivity contribution < 1.29 is 18.9 Å². The summed E-state index contributed by atoms with van der Waals surface area (Å²) in [4.78, 5) is 0. The molecule has 0 aromatic heterocycles. The maximum absolute atomic E-state index is 6.64. The Morgan fingerprint density at radius 3 is 1.45 bits per heavy atom. The third kappa shape index (κ3) is 13.2. The van der Waals surface area contributed by atoms with Crippen LogP contribution in [0.5, 0.6) is 0 Å². The number of allylic oxidation sites excluding steroid dienone is 1. The van der Waals surface area contributed by atoms with Crippen LogP contribution in [0.15, 0.2) is 12.3 Å². The highest BCUT2D eigenvalue weighted by Crippen LogP contribution is 2.42. The van der Waals surface area contributed by atoms with E-state index in [2.05, 4.69) is 47.6 Å². The Bertz CT molecular complexity index is 411. The lowest BCUT2D eigenvalue weighted by Gasteiger charge is -2.48. The van der Waals surface area contributed by atoms with Crippen molar-refractivity contribution in [2.24, 2.45) is 0 Å². The molecule has 0 amide bonds. The number of hydrogen-bond donors (Lipinski definition) is 0. The fraction of sp³-hybridized carbons (Fsp3) is 0.931. The maximum Gasteiger partial charge on any atom is 0.325 e. The van der Waals surface area contributed by atoms with Crippen molar-refractivity contribution in [1.29, 1.82) is 0 Å². The Hall–Kier alpha value is -0.580. The average molecular weight is 471 g/mol. The second-order valence-corrected chi connectivity index (χ2v) is 9.32. The maximum atomic E-state index is 6.64. The molecule has 0 heterocycles. The molecular formula is C29H58O4. The molecule has 0 N–H and O–H groups in total. The van der Waals surface area contributed by atoms with Crippen LogP contribution in [-0.2, 0) is 18.9 Å². The predicted octanol–water partition coefficient (Wildman–Crippen LogP) is 9.32. The molecule has 0 bridgehead atoms. The van der Waals surface area contributed by atoms with Gasteiger partial charge in [-0.1, -0.05) is 105 Å². The first kappa shape index (κ1) is 32.4. The molecule has 0 aliphatic carbocycles. The van der Waals surface area contributed by atoms with Crippen LogP contribution in [0, 0.1) is 0 Å². The minimum atomic E-state index is -1.16. The lowest BCUT2D eigenvalue weighted by Crippen LogP contribution is -2.61. The van der Waals surface area contributed by atoms with E-state index < -0.39 is 11.6 Å². The molecule has 0 aromatic rings. The van der Waals surface area contributed by atoms with Crippen molar-refractivity contribution in [2.75, 3.05) is 19.8 Å². The van der Waals surface area contributed by atoms with Gasteiger partial charge in [0.2, 0.25) is 0 Å². The third-order valence-corrected chi connectivity index (χ3v) is 6.14. The van der Waals surface area contributed by atoms with Crippen molar-refractivity contribution >= 4 is 0 Å². The highest BCUT2D eigenvalue weighted by Gasteiger charge is 2.56.